The van der Waals surface area contributed by atoms with E-state index in [-0.39, 0.29) is 11.9 Å². The SMILES string of the molecule is Cc1c(O)n(Cc2cccc(C#N)c2)c2c(N3CCC[C@@H](N)C3)ccnc12. The molecule has 6 heteroatoms. The summed E-state index contributed by atoms with van der Waals surface area (Å²) in [6.45, 7) is 4.11. The number of hydrogen-bond acceptors (Lipinski definition) is 5. The topological polar surface area (TPSA) is 91.1 Å². The summed E-state index contributed by atoms with van der Waals surface area (Å²) in [5, 5.41) is 20.0. The van der Waals surface area contributed by atoms with Crippen molar-refractivity contribution in [1.82, 2.24) is 9.55 Å². The van der Waals surface area contributed by atoms with Crippen LogP contribution in [0.2, 0.25) is 0 Å². The van der Waals surface area contributed by atoms with E-state index >= 15 is 0 Å². The van der Waals surface area contributed by atoms with Gasteiger partial charge in [-0.05, 0) is 43.5 Å². The Labute approximate surface area is 158 Å². The van der Waals surface area contributed by atoms with E-state index in [0.717, 1.165) is 53.8 Å². The molecule has 1 atom stereocenters. The van der Waals surface area contributed by atoms with Crippen LogP contribution in [-0.4, -0.2) is 33.8 Å². The highest BCUT2D eigenvalue weighted by Gasteiger charge is 2.23. The molecule has 0 radical (unpaired) electrons. The smallest absolute Gasteiger partial charge is 0.197 e. The number of nitrogens with two attached hydrogens (primary N) is 1. The Morgan fingerprint density at radius 1 is 1.37 bits per heavy atom. The molecule has 3 N–H and O–H groups in total. The van der Waals surface area contributed by atoms with Crippen LogP contribution in [-0.2, 0) is 6.54 Å². The van der Waals surface area contributed by atoms with E-state index in [0.29, 0.717) is 12.1 Å². The molecule has 1 aromatic carbocycles. The summed E-state index contributed by atoms with van der Waals surface area (Å²) in [6, 6.07) is 11.8. The van der Waals surface area contributed by atoms with Crippen LogP contribution in [0.4, 0.5) is 5.69 Å². The Kier molecular flexibility index (Phi) is 4.46. The zero-order valence-corrected chi connectivity index (χ0v) is 15.4. The molecule has 0 aliphatic carbocycles. The number of benzene rings is 1. The van der Waals surface area contributed by atoms with Crippen molar-refractivity contribution in [3.8, 4) is 11.9 Å². The minimum atomic E-state index is 0.160. The number of pyridine rings is 1. The summed E-state index contributed by atoms with van der Waals surface area (Å²) < 4.78 is 1.89. The normalized spacial score (nSPS) is 17.2. The van der Waals surface area contributed by atoms with Crippen LogP contribution in [0.5, 0.6) is 5.88 Å². The van der Waals surface area contributed by atoms with E-state index in [4.69, 9.17) is 11.0 Å². The number of piperidine rings is 1. The van der Waals surface area contributed by atoms with Crippen molar-refractivity contribution in [1.29, 1.82) is 5.26 Å². The van der Waals surface area contributed by atoms with Gasteiger partial charge in [-0.1, -0.05) is 12.1 Å². The van der Waals surface area contributed by atoms with Crippen molar-refractivity contribution in [3.05, 3.63) is 53.2 Å². The maximum atomic E-state index is 10.8. The summed E-state index contributed by atoms with van der Waals surface area (Å²) >= 11 is 0. The van der Waals surface area contributed by atoms with Crippen molar-refractivity contribution < 1.29 is 5.11 Å². The first kappa shape index (κ1) is 17.4. The molecule has 1 fully saturated rings. The predicted octanol–water partition coefficient (Wildman–Crippen LogP) is 2.90. The molecule has 3 heterocycles. The van der Waals surface area contributed by atoms with Gasteiger partial charge in [0.15, 0.2) is 5.88 Å². The van der Waals surface area contributed by atoms with Gasteiger partial charge < -0.3 is 20.3 Å². The Balaban J connectivity index is 1.84. The van der Waals surface area contributed by atoms with Crippen LogP contribution >= 0.6 is 0 Å². The molecule has 1 aliphatic heterocycles. The molecule has 27 heavy (non-hydrogen) atoms. The lowest BCUT2D eigenvalue weighted by Gasteiger charge is -2.33. The fourth-order valence-corrected chi connectivity index (χ4v) is 3.96. The van der Waals surface area contributed by atoms with Gasteiger partial charge in [-0.15, -0.1) is 0 Å². The third kappa shape index (κ3) is 3.11. The number of hydrogen-bond donors (Lipinski definition) is 2. The van der Waals surface area contributed by atoms with Gasteiger partial charge >= 0.3 is 0 Å². The molecular weight excluding hydrogens is 338 g/mol. The van der Waals surface area contributed by atoms with Crippen LogP contribution in [0.15, 0.2) is 36.5 Å². The highest BCUT2D eigenvalue weighted by atomic mass is 16.3. The molecule has 0 spiro atoms. The first-order valence-electron chi connectivity index (χ1n) is 9.25. The van der Waals surface area contributed by atoms with Crippen LogP contribution in [0, 0.1) is 18.3 Å². The Bertz CT molecular complexity index is 1030. The zero-order chi connectivity index (χ0) is 19.0. The predicted molar refractivity (Wildman–Crippen MR) is 106 cm³/mol. The lowest BCUT2D eigenvalue weighted by molar-refractivity contribution is 0.424. The molecule has 1 saturated heterocycles. The van der Waals surface area contributed by atoms with Crippen molar-refractivity contribution in [2.75, 3.05) is 18.0 Å². The summed E-state index contributed by atoms with van der Waals surface area (Å²) in [7, 11) is 0. The average molecular weight is 361 g/mol. The molecule has 0 amide bonds. The van der Waals surface area contributed by atoms with Gasteiger partial charge in [0.05, 0.1) is 34.9 Å². The van der Waals surface area contributed by atoms with Gasteiger partial charge in [0.2, 0.25) is 0 Å². The first-order chi connectivity index (χ1) is 13.1. The summed E-state index contributed by atoms with van der Waals surface area (Å²) in [4.78, 5) is 6.81. The number of anilines is 1. The molecule has 138 valence electrons. The Morgan fingerprint density at radius 2 is 2.22 bits per heavy atom. The third-order valence-electron chi connectivity index (χ3n) is 5.31. The highest BCUT2D eigenvalue weighted by Crippen LogP contribution is 2.36. The summed E-state index contributed by atoms with van der Waals surface area (Å²) in [5.74, 6) is 0.216. The van der Waals surface area contributed by atoms with Crippen LogP contribution < -0.4 is 10.6 Å². The summed E-state index contributed by atoms with van der Waals surface area (Å²) in [6.07, 6.45) is 3.89. The molecule has 3 aromatic rings. The van der Waals surface area contributed by atoms with Crippen molar-refractivity contribution in [2.45, 2.75) is 32.4 Å². The zero-order valence-electron chi connectivity index (χ0n) is 15.4. The van der Waals surface area contributed by atoms with E-state index in [2.05, 4.69) is 16.0 Å². The quantitative estimate of drug-likeness (QED) is 0.748. The number of nitriles is 1. The van der Waals surface area contributed by atoms with Gasteiger partial charge in [-0.3, -0.25) is 4.98 Å². The minimum absolute atomic E-state index is 0.160. The molecule has 0 bridgehead atoms. The van der Waals surface area contributed by atoms with Crippen molar-refractivity contribution >= 4 is 16.7 Å². The molecular formula is C21H23N5O. The summed E-state index contributed by atoms with van der Waals surface area (Å²) in [5.41, 5.74) is 11.3. The van der Waals surface area contributed by atoms with E-state index < -0.39 is 0 Å². The lowest BCUT2D eigenvalue weighted by atomic mass is 10.1. The van der Waals surface area contributed by atoms with E-state index in [1.165, 1.54) is 0 Å². The number of rotatable bonds is 3. The van der Waals surface area contributed by atoms with Gasteiger partial charge in [0, 0.05) is 30.9 Å². The van der Waals surface area contributed by atoms with Crippen LogP contribution in [0.1, 0.15) is 29.5 Å². The number of aryl methyl sites for hydroxylation is 1. The second-order valence-electron chi connectivity index (χ2n) is 7.22. The first-order valence-corrected chi connectivity index (χ1v) is 9.25. The second kappa shape index (κ2) is 6.93. The van der Waals surface area contributed by atoms with Crippen LogP contribution in [0.25, 0.3) is 11.0 Å². The van der Waals surface area contributed by atoms with Crippen molar-refractivity contribution in [3.63, 3.8) is 0 Å². The number of nitrogens with zero attached hydrogens (tertiary/aromatic N) is 4. The average Bonchev–Trinajstić information content (AvgIpc) is 2.93. The lowest BCUT2D eigenvalue weighted by Crippen LogP contribution is -2.43. The van der Waals surface area contributed by atoms with Crippen LogP contribution in [0.3, 0.4) is 0 Å². The molecule has 6 nitrogen and oxygen atoms in total. The number of aromatic hydroxyl groups is 1. The maximum absolute atomic E-state index is 10.8. The Hall–Kier alpha value is -3.04. The molecule has 0 saturated carbocycles. The fraction of sp³-hybridized carbons (Fsp3) is 0.333. The number of fused-ring (bicyclic) bond motifs is 1. The minimum Gasteiger partial charge on any atom is -0.494 e. The molecule has 1 aliphatic rings. The third-order valence-corrected chi connectivity index (χ3v) is 5.31. The largest absolute Gasteiger partial charge is 0.494 e. The molecule has 0 unspecified atom stereocenters. The van der Waals surface area contributed by atoms with Gasteiger partial charge in [0.25, 0.3) is 0 Å². The molecule has 2 aromatic heterocycles. The van der Waals surface area contributed by atoms with Gasteiger partial charge in [-0.2, -0.15) is 5.26 Å². The monoisotopic (exact) mass is 361 g/mol. The second-order valence-corrected chi connectivity index (χ2v) is 7.22. The maximum Gasteiger partial charge on any atom is 0.197 e. The van der Waals surface area contributed by atoms with Gasteiger partial charge in [0.1, 0.15) is 0 Å². The molecule has 4 rings (SSSR count). The van der Waals surface area contributed by atoms with Gasteiger partial charge in [-0.25, -0.2) is 0 Å². The number of aromatic nitrogens is 2. The van der Waals surface area contributed by atoms with E-state index in [9.17, 15) is 5.11 Å². The fourth-order valence-electron chi connectivity index (χ4n) is 3.96. The Morgan fingerprint density at radius 3 is 3.00 bits per heavy atom. The highest BCUT2D eigenvalue weighted by molar-refractivity contribution is 5.93. The van der Waals surface area contributed by atoms with Crippen molar-refractivity contribution in [2.24, 2.45) is 5.73 Å². The van der Waals surface area contributed by atoms with E-state index in [1.54, 1.807) is 12.3 Å². The standard InChI is InChI=1S/C21H23N5O/c1-14-19-20(18(7-8-24-19)25-9-3-6-17(23)13-25)26(21(14)27)12-16-5-2-4-15(10-16)11-22/h2,4-5,7-8,10,17,27H,3,6,9,12-13,23H2,1H3/t17-/m1/s1. The van der Waals surface area contributed by atoms with E-state index in [1.807, 2.05) is 35.8 Å².